The van der Waals surface area contributed by atoms with Crippen LogP contribution >= 0.6 is 11.6 Å². The van der Waals surface area contributed by atoms with Crippen LogP contribution in [0.15, 0.2) is 55.1 Å². The van der Waals surface area contributed by atoms with Crippen molar-refractivity contribution < 1.29 is 14.3 Å². The molecular formula is C32H33ClN8O3. The topological polar surface area (TPSA) is 130 Å². The highest BCUT2D eigenvalue weighted by Gasteiger charge is 2.47. The van der Waals surface area contributed by atoms with Crippen molar-refractivity contribution in [3.05, 3.63) is 71.4 Å². The van der Waals surface area contributed by atoms with E-state index in [1.165, 1.54) is 0 Å². The van der Waals surface area contributed by atoms with Crippen molar-refractivity contribution in [1.82, 2.24) is 30.2 Å². The second kappa shape index (κ2) is 11.7. The number of hydrogen-bond donors (Lipinski definition) is 2. The largest absolute Gasteiger partial charge is 0.489 e. The maximum Gasteiger partial charge on any atom is 0.271 e. The fraction of sp³-hybridized carbons (Fsp3) is 0.406. The molecule has 2 unspecified atom stereocenters. The second-order valence-corrected chi connectivity index (χ2v) is 12.6. The second-order valence-electron chi connectivity index (χ2n) is 12.1. The summed E-state index contributed by atoms with van der Waals surface area (Å²) in [6, 6.07) is 11.7. The molecule has 44 heavy (non-hydrogen) atoms. The minimum atomic E-state index is -0.307. The molecule has 226 valence electrons. The van der Waals surface area contributed by atoms with Gasteiger partial charge in [0, 0.05) is 55.2 Å². The number of fused-ring (bicyclic) bond motifs is 2. The molecule has 4 aromatic heterocycles. The quantitative estimate of drug-likeness (QED) is 0.321. The van der Waals surface area contributed by atoms with Crippen LogP contribution < -0.4 is 20.3 Å². The molecule has 4 aromatic rings. The molecule has 0 aromatic carbocycles. The van der Waals surface area contributed by atoms with Gasteiger partial charge in [0.25, 0.3) is 5.91 Å². The van der Waals surface area contributed by atoms with Crippen LogP contribution in [-0.2, 0) is 4.74 Å². The third-order valence-electron chi connectivity index (χ3n) is 8.92. The Hall–Kier alpha value is -4.24. The fourth-order valence-electron chi connectivity index (χ4n) is 6.94. The van der Waals surface area contributed by atoms with E-state index in [4.69, 9.17) is 26.1 Å². The van der Waals surface area contributed by atoms with Crippen LogP contribution in [0.25, 0.3) is 16.6 Å². The van der Waals surface area contributed by atoms with Crippen molar-refractivity contribution in [2.24, 2.45) is 11.8 Å². The van der Waals surface area contributed by atoms with Gasteiger partial charge in [-0.3, -0.25) is 4.79 Å². The minimum Gasteiger partial charge on any atom is -0.489 e. The van der Waals surface area contributed by atoms with E-state index in [-0.39, 0.29) is 23.2 Å². The van der Waals surface area contributed by atoms with Crippen LogP contribution in [0.2, 0.25) is 5.02 Å². The number of nitrogens with zero attached hydrogens (tertiary/aromatic N) is 6. The Morgan fingerprint density at radius 3 is 2.80 bits per heavy atom. The highest BCUT2D eigenvalue weighted by atomic mass is 35.5. The Morgan fingerprint density at radius 1 is 1.25 bits per heavy atom. The number of nitriles is 1. The number of nitrogens with one attached hydrogen (secondary N) is 2. The number of ether oxygens (including phenoxy) is 2. The normalized spacial score (nSPS) is 24.7. The smallest absolute Gasteiger partial charge is 0.271 e. The van der Waals surface area contributed by atoms with E-state index in [1.54, 1.807) is 35.2 Å². The minimum absolute atomic E-state index is 0.0235. The first kappa shape index (κ1) is 28.5. The molecule has 11 nitrogen and oxygen atoms in total. The van der Waals surface area contributed by atoms with Crippen LogP contribution in [0.4, 0.5) is 5.82 Å². The molecule has 0 bridgehead atoms. The molecule has 1 saturated carbocycles. The van der Waals surface area contributed by atoms with Crippen LogP contribution in [0.3, 0.4) is 0 Å². The number of halogens is 1. The summed E-state index contributed by atoms with van der Waals surface area (Å²) in [5, 5.41) is 21.0. The number of hydrogen-bond acceptors (Lipinski definition) is 9. The highest BCUT2D eigenvalue weighted by molar-refractivity contribution is 6.33. The van der Waals surface area contributed by atoms with Crippen molar-refractivity contribution in [2.45, 2.75) is 31.4 Å². The van der Waals surface area contributed by atoms with Gasteiger partial charge in [0.05, 0.1) is 35.1 Å². The number of pyridine rings is 3. The lowest BCUT2D eigenvalue weighted by Crippen LogP contribution is -2.45. The lowest BCUT2D eigenvalue weighted by atomic mass is 9.97. The molecule has 0 spiro atoms. The van der Waals surface area contributed by atoms with Gasteiger partial charge in [-0.15, -0.1) is 0 Å². The predicted octanol–water partition coefficient (Wildman–Crippen LogP) is 3.72. The Bertz CT molecular complexity index is 1720. The molecule has 2 N–H and O–H groups in total. The lowest BCUT2D eigenvalue weighted by Gasteiger charge is -2.28. The van der Waals surface area contributed by atoms with Crippen LogP contribution in [0.1, 0.15) is 35.8 Å². The van der Waals surface area contributed by atoms with Crippen molar-refractivity contribution in [3.8, 4) is 22.9 Å². The van der Waals surface area contributed by atoms with Crippen molar-refractivity contribution >= 4 is 28.8 Å². The number of anilines is 1. The zero-order valence-electron chi connectivity index (χ0n) is 24.4. The lowest BCUT2D eigenvalue weighted by molar-refractivity contribution is 0.000107. The standard InChI is InChI=1S/C32H33ClN8O3/c1-32(39-31(42)29-27(33)3-2-6-36-29)10-21-16-40(17-22(21)11-32)28-5-4-20(13-37-28)26-9-24(44-19-25-15-35-7-8-43-25)18-41-30(26)23(12-34)14-38-41/h2-6,9,13-14,18,21-22,25,35H,7-8,10-11,15-17,19H2,1H3,(H,39,42)/t21-,22+,25?,32?. The number of rotatable bonds is 7. The van der Waals surface area contributed by atoms with Crippen LogP contribution in [0, 0.1) is 23.2 Å². The molecule has 6 heterocycles. The summed E-state index contributed by atoms with van der Waals surface area (Å²) in [6.45, 7) is 6.53. The fourth-order valence-corrected chi connectivity index (χ4v) is 7.15. The van der Waals surface area contributed by atoms with Gasteiger partial charge in [-0.2, -0.15) is 10.4 Å². The van der Waals surface area contributed by atoms with Crippen molar-refractivity contribution in [3.63, 3.8) is 0 Å². The van der Waals surface area contributed by atoms with Gasteiger partial charge in [-0.25, -0.2) is 14.5 Å². The number of carbonyl (C=O) groups excluding carboxylic acids is 1. The molecule has 0 radical (unpaired) electrons. The third kappa shape index (κ3) is 5.56. The number of morpholine rings is 1. The summed E-state index contributed by atoms with van der Waals surface area (Å²) in [6.07, 6.45) is 8.54. The Labute approximate surface area is 260 Å². The van der Waals surface area contributed by atoms with Crippen LogP contribution in [-0.4, -0.2) is 76.5 Å². The summed E-state index contributed by atoms with van der Waals surface area (Å²) in [5.41, 5.74) is 2.87. The van der Waals surface area contributed by atoms with E-state index in [0.29, 0.717) is 46.9 Å². The molecule has 3 fully saturated rings. The van der Waals surface area contributed by atoms with E-state index in [0.717, 1.165) is 56.0 Å². The van der Waals surface area contributed by atoms with Crippen molar-refractivity contribution in [2.75, 3.05) is 44.3 Å². The number of amides is 1. The van der Waals surface area contributed by atoms with E-state index in [2.05, 4.69) is 38.6 Å². The summed E-state index contributed by atoms with van der Waals surface area (Å²) in [5.74, 6) is 2.22. The summed E-state index contributed by atoms with van der Waals surface area (Å²) < 4.78 is 13.6. The highest BCUT2D eigenvalue weighted by Crippen LogP contribution is 2.45. The summed E-state index contributed by atoms with van der Waals surface area (Å²) in [4.78, 5) is 24.2. The molecule has 7 rings (SSSR count). The van der Waals surface area contributed by atoms with Gasteiger partial charge in [0.2, 0.25) is 0 Å². The maximum absolute atomic E-state index is 12.9. The molecular weight excluding hydrogens is 580 g/mol. The van der Waals surface area contributed by atoms with Gasteiger partial charge in [-0.1, -0.05) is 11.6 Å². The zero-order valence-corrected chi connectivity index (χ0v) is 25.1. The summed E-state index contributed by atoms with van der Waals surface area (Å²) in [7, 11) is 0. The number of aromatic nitrogens is 4. The molecule has 2 aliphatic heterocycles. The van der Waals surface area contributed by atoms with Crippen LogP contribution in [0.5, 0.6) is 5.75 Å². The Kier molecular flexibility index (Phi) is 7.58. The maximum atomic E-state index is 12.9. The van der Waals surface area contributed by atoms with E-state index < -0.39 is 0 Å². The average molecular weight is 613 g/mol. The Balaban J connectivity index is 1.05. The first-order chi connectivity index (χ1) is 21.4. The monoisotopic (exact) mass is 612 g/mol. The van der Waals surface area contributed by atoms with Gasteiger partial charge in [-0.05, 0) is 61.9 Å². The summed E-state index contributed by atoms with van der Waals surface area (Å²) >= 11 is 6.20. The SMILES string of the molecule is CC1(NC(=O)c2ncccc2Cl)C[C@H]2CN(c3ccc(-c4cc(OCC5CNCCO5)cn5ncc(C#N)c45)cn3)C[C@H]2C1. The third-order valence-corrected chi connectivity index (χ3v) is 9.23. The zero-order chi connectivity index (χ0) is 30.3. The molecule has 4 atom stereocenters. The van der Waals surface area contributed by atoms with E-state index in [9.17, 15) is 10.1 Å². The first-order valence-electron chi connectivity index (χ1n) is 14.9. The average Bonchev–Trinajstić information content (AvgIpc) is 3.71. The van der Waals surface area contributed by atoms with E-state index in [1.807, 2.05) is 24.4 Å². The van der Waals surface area contributed by atoms with Gasteiger partial charge in [0.1, 0.15) is 36.0 Å². The molecule has 3 aliphatic rings. The van der Waals surface area contributed by atoms with Gasteiger partial charge in [0.15, 0.2) is 0 Å². The van der Waals surface area contributed by atoms with E-state index >= 15 is 0 Å². The molecule has 1 aliphatic carbocycles. The first-order valence-corrected chi connectivity index (χ1v) is 15.3. The Morgan fingerprint density at radius 2 is 2.09 bits per heavy atom. The molecule has 12 heteroatoms. The van der Waals surface area contributed by atoms with Crippen molar-refractivity contribution in [1.29, 1.82) is 5.26 Å². The predicted molar refractivity (Wildman–Crippen MR) is 165 cm³/mol. The molecule has 1 amide bonds. The van der Waals surface area contributed by atoms with Gasteiger partial charge >= 0.3 is 0 Å². The van der Waals surface area contributed by atoms with Gasteiger partial charge < -0.3 is 25.0 Å². The number of carbonyl (C=O) groups is 1. The molecule has 2 saturated heterocycles.